The number of anilines is 1. The van der Waals surface area contributed by atoms with Crippen LogP contribution in [0.15, 0.2) is 54.9 Å². The summed E-state index contributed by atoms with van der Waals surface area (Å²) in [7, 11) is 0. The number of aliphatic hydroxyl groups is 1. The van der Waals surface area contributed by atoms with Crippen molar-refractivity contribution in [1.82, 2.24) is 9.88 Å². The van der Waals surface area contributed by atoms with Crippen molar-refractivity contribution in [1.29, 1.82) is 0 Å². The van der Waals surface area contributed by atoms with Crippen LogP contribution in [0.2, 0.25) is 0 Å². The number of rotatable bonds is 4. The predicted octanol–water partition coefficient (Wildman–Crippen LogP) is 2.04. The molecule has 1 aromatic heterocycles. The van der Waals surface area contributed by atoms with Gasteiger partial charge in [0.05, 0.1) is 6.10 Å². The number of piperidine rings is 2. The highest BCUT2D eigenvalue weighted by molar-refractivity contribution is 5.78. The monoisotopic (exact) mass is 427 g/mol. The Bertz CT molecular complexity index is 836. The molecular formula is C23H29N3O5. The van der Waals surface area contributed by atoms with Crippen LogP contribution in [0.4, 0.5) is 5.69 Å². The third-order valence-electron chi connectivity index (χ3n) is 5.98. The normalized spacial score (nSPS) is 22.9. The molecule has 0 radical (unpaired) electrons. The summed E-state index contributed by atoms with van der Waals surface area (Å²) in [6.45, 7) is 2.65. The van der Waals surface area contributed by atoms with Crippen molar-refractivity contribution < 1.29 is 24.5 Å². The number of para-hydroxylation sites is 1. The lowest BCUT2D eigenvalue weighted by molar-refractivity contribution is -0.140. The smallest absolute Gasteiger partial charge is 0.290 e. The number of carbonyl (C=O) groups excluding carboxylic acids is 1. The second kappa shape index (κ2) is 10.8. The van der Waals surface area contributed by atoms with Crippen molar-refractivity contribution in [3.63, 3.8) is 0 Å². The second-order valence-corrected chi connectivity index (χ2v) is 7.92. The molecule has 2 N–H and O–H groups in total. The van der Waals surface area contributed by atoms with E-state index in [9.17, 15) is 9.90 Å². The summed E-state index contributed by atoms with van der Waals surface area (Å²) in [6, 6.07) is 13.4. The number of pyridine rings is 1. The van der Waals surface area contributed by atoms with Crippen LogP contribution in [0, 0.1) is 5.41 Å². The first-order chi connectivity index (χ1) is 15.1. The molecule has 0 saturated carbocycles. The van der Waals surface area contributed by atoms with Crippen molar-refractivity contribution in [2.24, 2.45) is 5.41 Å². The number of benzene rings is 1. The van der Waals surface area contributed by atoms with Crippen LogP contribution < -0.4 is 9.64 Å². The van der Waals surface area contributed by atoms with Crippen LogP contribution in [0.25, 0.3) is 0 Å². The van der Waals surface area contributed by atoms with Gasteiger partial charge in [0.2, 0.25) is 0 Å². The van der Waals surface area contributed by atoms with Gasteiger partial charge in [0, 0.05) is 49.7 Å². The highest BCUT2D eigenvalue weighted by Gasteiger charge is 2.46. The molecule has 4 rings (SSSR count). The number of aromatic nitrogens is 1. The third-order valence-corrected chi connectivity index (χ3v) is 5.98. The Morgan fingerprint density at radius 1 is 1.16 bits per heavy atom. The molecule has 2 aliphatic heterocycles. The molecule has 2 saturated heterocycles. The molecule has 1 amide bonds. The Hall–Kier alpha value is -3.13. The number of ether oxygens (including phenoxy) is 1. The molecule has 0 bridgehead atoms. The summed E-state index contributed by atoms with van der Waals surface area (Å²) in [5.74, 6) is 0.681. The zero-order valence-corrected chi connectivity index (χ0v) is 17.5. The Balaban J connectivity index is 0.000000858. The largest absolute Gasteiger partial charge is 0.484 e. The van der Waals surface area contributed by atoms with Gasteiger partial charge in [0.25, 0.3) is 12.4 Å². The van der Waals surface area contributed by atoms with Crippen LogP contribution in [-0.2, 0) is 9.59 Å². The van der Waals surface area contributed by atoms with Crippen LogP contribution in [0.3, 0.4) is 0 Å². The minimum absolute atomic E-state index is 0.0174. The van der Waals surface area contributed by atoms with Crippen LogP contribution in [0.5, 0.6) is 5.75 Å². The van der Waals surface area contributed by atoms with E-state index in [1.807, 2.05) is 47.4 Å². The van der Waals surface area contributed by atoms with E-state index < -0.39 is 6.10 Å². The van der Waals surface area contributed by atoms with Crippen molar-refractivity contribution in [2.45, 2.75) is 25.4 Å². The maximum atomic E-state index is 12.8. The molecule has 31 heavy (non-hydrogen) atoms. The quantitative estimate of drug-likeness (QED) is 0.720. The van der Waals surface area contributed by atoms with Gasteiger partial charge >= 0.3 is 0 Å². The van der Waals surface area contributed by atoms with Crippen molar-refractivity contribution in [3.05, 3.63) is 54.9 Å². The molecule has 2 atom stereocenters. The van der Waals surface area contributed by atoms with E-state index in [0.717, 1.165) is 38.2 Å². The molecule has 8 heteroatoms. The second-order valence-electron chi connectivity index (χ2n) is 7.92. The molecule has 0 aliphatic carbocycles. The number of carboxylic acid groups (broad SMARTS) is 1. The van der Waals surface area contributed by atoms with E-state index in [1.165, 1.54) is 0 Å². The summed E-state index contributed by atoms with van der Waals surface area (Å²) < 4.78 is 5.64. The number of hydrogen-bond acceptors (Lipinski definition) is 6. The maximum absolute atomic E-state index is 12.8. The van der Waals surface area contributed by atoms with Crippen LogP contribution in [0.1, 0.15) is 19.3 Å². The molecule has 1 aromatic carbocycles. The fourth-order valence-electron chi connectivity index (χ4n) is 4.45. The van der Waals surface area contributed by atoms with E-state index in [-0.39, 0.29) is 24.4 Å². The number of carbonyl (C=O) groups is 2. The van der Waals surface area contributed by atoms with Crippen LogP contribution in [-0.4, -0.2) is 71.4 Å². The standard InChI is InChI=1S/C22H27N3O3.CH2O2/c26-20-9-14-24(18-7-11-23-12-8-18)16-22(20)10-4-13-25(17-22)21(27)15-28-19-5-2-1-3-6-19;2-1-3/h1-3,5-8,11-12,20,26H,4,9-10,13-17H2;1H,(H,2,3)/t20-,22-;/m1./s1. The average Bonchev–Trinajstić information content (AvgIpc) is 2.81. The van der Waals surface area contributed by atoms with Gasteiger partial charge in [-0.05, 0) is 43.5 Å². The number of nitrogens with zero attached hydrogens (tertiary/aromatic N) is 3. The fraction of sp³-hybridized carbons (Fsp3) is 0.435. The lowest BCUT2D eigenvalue weighted by atomic mass is 9.71. The summed E-state index contributed by atoms with van der Waals surface area (Å²) in [5.41, 5.74) is 0.833. The maximum Gasteiger partial charge on any atom is 0.290 e. The lowest BCUT2D eigenvalue weighted by Gasteiger charge is -2.51. The van der Waals surface area contributed by atoms with E-state index in [4.69, 9.17) is 14.6 Å². The van der Waals surface area contributed by atoms with Crippen molar-refractivity contribution >= 4 is 18.1 Å². The van der Waals surface area contributed by atoms with E-state index >= 15 is 0 Å². The number of hydrogen-bond donors (Lipinski definition) is 2. The predicted molar refractivity (Wildman–Crippen MR) is 116 cm³/mol. The summed E-state index contributed by atoms with van der Waals surface area (Å²) in [6.07, 6.45) is 5.74. The first-order valence-electron chi connectivity index (χ1n) is 10.4. The molecule has 2 fully saturated rings. The highest BCUT2D eigenvalue weighted by atomic mass is 16.5. The van der Waals surface area contributed by atoms with Gasteiger partial charge in [-0.2, -0.15) is 0 Å². The highest BCUT2D eigenvalue weighted by Crippen LogP contribution is 2.40. The van der Waals surface area contributed by atoms with Gasteiger partial charge in [-0.15, -0.1) is 0 Å². The lowest BCUT2D eigenvalue weighted by Crippen LogP contribution is -2.60. The van der Waals surface area contributed by atoms with Gasteiger partial charge in [-0.1, -0.05) is 18.2 Å². The molecule has 1 spiro atoms. The van der Waals surface area contributed by atoms with Crippen LogP contribution >= 0.6 is 0 Å². The minimum atomic E-state index is -0.392. The molecule has 8 nitrogen and oxygen atoms in total. The fourth-order valence-corrected chi connectivity index (χ4v) is 4.45. The van der Waals surface area contributed by atoms with Gasteiger partial charge in [-0.3, -0.25) is 14.6 Å². The zero-order valence-electron chi connectivity index (χ0n) is 17.5. The zero-order chi connectivity index (χ0) is 22.1. The Labute approximate surface area is 182 Å². The Morgan fingerprint density at radius 2 is 1.87 bits per heavy atom. The number of aliphatic hydroxyl groups excluding tert-OH is 1. The molecule has 2 aliphatic rings. The Morgan fingerprint density at radius 3 is 2.58 bits per heavy atom. The van der Waals surface area contributed by atoms with Crippen molar-refractivity contribution in [2.75, 3.05) is 37.7 Å². The van der Waals surface area contributed by atoms with Gasteiger partial charge in [0.1, 0.15) is 5.75 Å². The van der Waals surface area contributed by atoms with Crippen molar-refractivity contribution in [3.8, 4) is 5.75 Å². The SMILES string of the molecule is O=C(COc1ccccc1)N1CCC[C@]2(C1)CN(c1ccncc1)CC[C@H]2O.O=CO. The van der Waals surface area contributed by atoms with E-state index in [0.29, 0.717) is 18.7 Å². The third kappa shape index (κ3) is 5.73. The molecule has 166 valence electrons. The molecular weight excluding hydrogens is 398 g/mol. The summed E-state index contributed by atoms with van der Waals surface area (Å²) in [5, 5.41) is 17.7. The summed E-state index contributed by atoms with van der Waals surface area (Å²) in [4.78, 5) is 29.4. The van der Waals surface area contributed by atoms with Gasteiger partial charge in [0.15, 0.2) is 6.61 Å². The summed E-state index contributed by atoms with van der Waals surface area (Å²) >= 11 is 0. The minimum Gasteiger partial charge on any atom is -0.484 e. The molecule has 2 aromatic rings. The first-order valence-corrected chi connectivity index (χ1v) is 10.4. The number of likely N-dealkylation sites (tertiary alicyclic amines) is 1. The first kappa shape index (κ1) is 22.6. The van der Waals surface area contributed by atoms with Gasteiger partial charge in [-0.25, -0.2) is 0 Å². The number of amides is 1. The topological polar surface area (TPSA) is 103 Å². The average molecular weight is 428 g/mol. The Kier molecular flexibility index (Phi) is 7.83. The molecule has 3 heterocycles. The van der Waals surface area contributed by atoms with E-state index in [2.05, 4.69) is 9.88 Å². The van der Waals surface area contributed by atoms with E-state index in [1.54, 1.807) is 12.4 Å². The molecule has 0 unspecified atom stereocenters. The van der Waals surface area contributed by atoms with Gasteiger partial charge < -0.3 is 24.7 Å².